The Kier molecular flexibility index (Phi) is 7.17. The van der Waals surface area contributed by atoms with Crippen LogP contribution in [0.2, 0.25) is 0 Å². The zero-order valence-electron chi connectivity index (χ0n) is 12.1. The Hall–Kier alpha value is -2.04. The molecule has 0 saturated heterocycles. The SMILES string of the molecule is CCCCCNC(=O)C(=O)NCc1cccc(OC)c1. The van der Waals surface area contributed by atoms with Crippen molar-refractivity contribution < 1.29 is 14.3 Å². The minimum absolute atomic E-state index is 0.304. The standard InChI is InChI=1S/C15H22N2O3/c1-3-4-5-9-16-14(18)15(19)17-11-12-7-6-8-13(10-12)20-2/h6-8,10H,3-5,9,11H2,1-2H3,(H,16,18)(H,17,19). The molecule has 2 N–H and O–H groups in total. The second kappa shape index (κ2) is 8.96. The van der Waals surface area contributed by atoms with E-state index in [4.69, 9.17) is 4.74 Å². The smallest absolute Gasteiger partial charge is 0.309 e. The predicted molar refractivity (Wildman–Crippen MR) is 77.4 cm³/mol. The van der Waals surface area contributed by atoms with E-state index in [-0.39, 0.29) is 0 Å². The highest BCUT2D eigenvalue weighted by molar-refractivity contribution is 6.35. The zero-order chi connectivity index (χ0) is 14.8. The van der Waals surface area contributed by atoms with E-state index in [0.717, 1.165) is 30.6 Å². The first-order valence-electron chi connectivity index (χ1n) is 6.86. The van der Waals surface area contributed by atoms with Gasteiger partial charge in [0.05, 0.1) is 7.11 Å². The van der Waals surface area contributed by atoms with Crippen molar-refractivity contribution in [1.29, 1.82) is 0 Å². The first-order valence-corrected chi connectivity index (χ1v) is 6.86. The molecule has 0 radical (unpaired) electrons. The summed E-state index contributed by atoms with van der Waals surface area (Å²) in [7, 11) is 1.58. The van der Waals surface area contributed by atoms with Crippen molar-refractivity contribution in [3.8, 4) is 5.75 Å². The second-order valence-electron chi connectivity index (χ2n) is 4.50. The molecule has 0 aliphatic rings. The van der Waals surface area contributed by atoms with Gasteiger partial charge in [-0.25, -0.2) is 0 Å². The van der Waals surface area contributed by atoms with Crippen LogP contribution in [0.5, 0.6) is 5.75 Å². The highest BCUT2D eigenvalue weighted by atomic mass is 16.5. The van der Waals surface area contributed by atoms with Crippen LogP contribution in [0.1, 0.15) is 31.7 Å². The quantitative estimate of drug-likeness (QED) is 0.588. The van der Waals surface area contributed by atoms with Gasteiger partial charge >= 0.3 is 11.8 Å². The number of benzene rings is 1. The first-order chi connectivity index (χ1) is 9.67. The number of ether oxygens (including phenoxy) is 1. The molecule has 0 aliphatic heterocycles. The molecule has 20 heavy (non-hydrogen) atoms. The Morgan fingerprint density at radius 3 is 2.60 bits per heavy atom. The van der Waals surface area contributed by atoms with E-state index < -0.39 is 11.8 Å². The fourth-order valence-electron chi connectivity index (χ4n) is 1.70. The Morgan fingerprint density at radius 1 is 1.15 bits per heavy atom. The summed E-state index contributed by atoms with van der Waals surface area (Å²) in [5.41, 5.74) is 0.886. The molecule has 110 valence electrons. The lowest BCUT2D eigenvalue weighted by atomic mass is 10.2. The molecule has 0 heterocycles. The van der Waals surface area contributed by atoms with Crippen molar-refractivity contribution in [3.05, 3.63) is 29.8 Å². The number of unbranched alkanes of at least 4 members (excludes halogenated alkanes) is 2. The molecule has 1 aromatic carbocycles. The van der Waals surface area contributed by atoms with E-state index in [2.05, 4.69) is 17.6 Å². The summed E-state index contributed by atoms with van der Waals surface area (Å²) in [5, 5.41) is 5.18. The van der Waals surface area contributed by atoms with Crippen LogP contribution in [-0.4, -0.2) is 25.5 Å². The number of nitrogens with one attached hydrogen (secondary N) is 2. The summed E-state index contributed by atoms with van der Waals surface area (Å²) >= 11 is 0. The largest absolute Gasteiger partial charge is 0.497 e. The number of carbonyl (C=O) groups is 2. The second-order valence-corrected chi connectivity index (χ2v) is 4.50. The topological polar surface area (TPSA) is 67.4 Å². The van der Waals surface area contributed by atoms with Crippen LogP contribution in [0.3, 0.4) is 0 Å². The molecule has 2 amide bonds. The maximum Gasteiger partial charge on any atom is 0.309 e. The van der Waals surface area contributed by atoms with Gasteiger partial charge in [-0.2, -0.15) is 0 Å². The molecule has 0 saturated carbocycles. The van der Waals surface area contributed by atoms with Gasteiger partial charge in [-0.15, -0.1) is 0 Å². The lowest BCUT2D eigenvalue weighted by Crippen LogP contribution is -2.39. The lowest BCUT2D eigenvalue weighted by Gasteiger charge is -2.07. The van der Waals surface area contributed by atoms with Crippen LogP contribution in [0, 0.1) is 0 Å². The summed E-state index contributed by atoms with van der Waals surface area (Å²) in [6.07, 6.45) is 3.02. The van der Waals surface area contributed by atoms with Crippen molar-refractivity contribution >= 4 is 11.8 Å². The molecule has 1 rings (SSSR count). The molecule has 0 bridgehead atoms. The zero-order valence-corrected chi connectivity index (χ0v) is 12.1. The Balaban J connectivity index is 2.32. The molecule has 0 spiro atoms. The van der Waals surface area contributed by atoms with E-state index in [9.17, 15) is 9.59 Å². The summed E-state index contributed by atoms with van der Waals surface area (Å²) in [4.78, 5) is 23.1. The molecule has 5 heteroatoms. The van der Waals surface area contributed by atoms with Gasteiger partial charge in [-0.1, -0.05) is 31.9 Å². The minimum Gasteiger partial charge on any atom is -0.497 e. The summed E-state index contributed by atoms with van der Waals surface area (Å²) in [6, 6.07) is 7.35. The van der Waals surface area contributed by atoms with Crippen molar-refractivity contribution in [2.75, 3.05) is 13.7 Å². The van der Waals surface area contributed by atoms with Crippen molar-refractivity contribution in [2.24, 2.45) is 0 Å². The highest BCUT2D eigenvalue weighted by Crippen LogP contribution is 2.11. The highest BCUT2D eigenvalue weighted by Gasteiger charge is 2.11. The summed E-state index contributed by atoms with van der Waals surface area (Å²) < 4.78 is 5.09. The van der Waals surface area contributed by atoms with Crippen LogP contribution >= 0.6 is 0 Å². The third kappa shape index (κ3) is 5.73. The van der Waals surface area contributed by atoms with Gasteiger partial charge in [0.15, 0.2) is 0 Å². The predicted octanol–water partition coefficient (Wildman–Crippen LogP) is 1.62. The normalized spacial score (nSPS) is 9.90. The fraction of sp³-hybridized carbons (Fsp3) is 0.467. The van der Waals surface area contributed by atoms with Crippen molar-refractivity contribution in [1.82, 2.24) is 10.6 Å². The average molecular weight is 278 g/mol. The summed E-state index contributed by atoms with van der Waals surface area (Å²) in [5.74, 6) is -0.464. The molecule has 0 atom stereocenters. The maximum atomic E-state index is 11.6. The third-order valence-electron chi connectivity index (χ3n) is 2.86. The van der Waals surface area contributed by atoms with Gasteiger partial charge in [-0.05, 0) is 24.1 Å². The van der Waals surface area contributed by atoms with Gasteiger partial charge in [0, 0.05) is 13.1 Å². The maximum absolute atomic E-state index is 11.6. The molecule has 1 aromatic rings. The first kappa shape index (κ1) is 16.0. The number of carbonyl (C=O) groups excluding carboxylic acids is 2. The van der Waals surface area contributed by atoms with E-state index in [1.54, 1.807) is 7.11 Å². The van der Waals surface area contributed by atoms with E-state index >= 15 is 0 Å². The number of hydrogen-bond acceptors (Lipinski definition) is 3. The molecular formula is C15H22N2O3. The minimum atomic E-state index is -0.607. The van der Waals surface area contributed by atoms with Gasteiger partial charge < -0.3 is 15.4 Å². The monoisotopic (exact) mass is 278 g/mol. The third-order valence-corrected chi connectivity index (χ3v) is 2.86. The molecule has 0 unspecified atom stereocenters. The van der Waals surface area contributed by atoms with Crippen molar-refractivity contribution in [3.63, 3.8) is 0 Å². The van der Waals surface area contributed by atoms with E-state index in [0.29, 0.717) is 13.1 Å². The lowest BCUT2D eigenvalue weighted by molar-refractivity contribution is -0.139. The fourth-order valence-corrected chi connectivity index (χ4v) is 1.70. The van der Waals surface area contributed by atoms with E-state index in [1.165, 1.54) is 0 Å². The van der Waals surface area contributed by atoms with Crippen LogP contribution < -0.4 is 15.4 Å². The van der Waals surface area contributed by atoms with Gasteiger partial charge in [0.25, 0.3) is 0 Å². The molecule has 5 nitrogen and oxygen atoms in total. The summed E-state index contributed by atoms with van der Waals surface area (Å²) in [6.45, 7) is 2.93. The Labute approximate surface area is 119 Å². The molecule has 0 fully saturated rings. The van der Waals surface area contributed by atoms with Gasteiger partial charge in [-0.3, -0.25) is 9.59 Å². The van der Waals surface area contributed by atoms with Crippen LogP contribution in [0.4, 0.5) is 0 Å². The number of rotatable bonds is 7. The molecule has 0 aromatic heterocycles. The Morgan fingerprint density at radius 2 is 1.90 bits per heavy atom. The van der Waals surface area contributed by atoms with Crippen LogP contribution in [0.25, 0.3) is 0 Å². The Bertz CT molecular complexity index is 446. The number of hydrogen-bond donors (Lipinski definition) is 2. The van der Waals surface area contributed by atoms with Gasteiger partial charge in [0.2, 0.25) is 0 Å². The molecular weight excluding hydrogens is 256 g/mol. The van der Waals surface area contributed by atoms with Gasteiger partial charge in [0.1, 0.15) is 5.75 Å². The van der Waals surface area contributed by atoms with Crippen molar-refractivity contribution in [2.45, 2.75) is 32.7 Å². The molecule has 0 aliphatic carbocycles. The van der Waals surface area contributed by atoms with Crippen LogP contribution in [0.15, 0.2) is 24.3 Å². The number of methoxy groups -OCH3 is 1. The van der Waals surface area contributed by atoms with Crippen LogP contribution in [-0.2, 0) is 16.1 Å². The average Bonchev–Trinajstić information content (AvgIpc) is 2.49. The number of amides is 2. The van der Waals surface area contributed by atoms with E-state index in [1.807, 2.05) is 24.3 Å².